The second-order valence-electron chi connectivity index (χ2n) is 5.11. The smallest absolute Gasteiger partial charge is 0.160 e. The highest BCUT2D eigenvalue weighted by Crippen LogP contribution is 2.20. The zero-order valence-corrected chi connectivity index (χ0v) is 9.73. The monoisotopic (exact) mass is 214 g/mol. The van der Waals surface area contributed by atoms with Gasteiger partial charge in [0.05, 0.1) is 5.56 Å². The Morgan fingerprint density at radius 3 is 2.69 bits per heavy atom. The van der Waals surface area contributed by atoms with Gasteiger partial charge in [0, 0.05) is 12.6 Å². The number of fused-ring (bicyclic) bond motifs is 1. The van der Waals surface area contributed by atoms with Crippen LogP contribution in [0.15, 0.2) is 18.3 Å². The molecule has 4 nitrogen and oxygen atoms in total. The third-order valence-electron chi connectivity index (χ3n) is 2.29. The molecule has 0 saturated heterocycles. The minimum Gasteiger partial charge on any atom is -0.285 e. The highest BCUT2D eigenvalue weighted by Gasteiger charge is 2.16. The number of aromatic nitrogens is 3. The molecule has 0 unspecified atom stereocenters. The lowest BCUT2D eigenvalue weighted by atomic mass is 9.92. The first kappa shape index (κ1) is 10.6. The van der Waals surface area contributed by atoms with E-state index < -0.39 is 0 Å². The van der Waals surface area contributed by atoms with Gasteiger partial charge in [0.15, 0.2) is 5.65 Å². The van der Waals surface area contributed by atoms with Crippen LogP contribution in [0.25, 0.3) is 5.65 Å². The van der Waals surface area contributed by atoms with Crippen LogP contribution in [0.4, 0.5) is 0 Å². The molecule has 16 heavy (non-hydrogen) atoms. The lowest BCUT2D eigenvalue weighted by Crippen LogP contribution is -2.12. The Bertz CT molecular complexity index is 554. The second-order valence-corrected chi connectivity index (χ2v) is 5.11. The molecule has 0 bridgehead atoms. The molecule has 0 atom stereocenters. The van der Waals surface area contributed by atoms with Gasteiger partial charge in [-0.05, 0) is 17.5 Å². The van der Waals surface area contributed by atoms with Gasteiger partial charge < -0.3 is 0 Å². The summed E-state index contributed by atoms with van der Waals surface area (Å²) in [5.74, 6) is 0.902. The maximum Gasteiger partial charge on any atom is 0.160 e. The molecule has 0 amide bonds. The van der Waals surface area contributed by atoms with Crippen molar-refractivity contribution in [3.63, 3.8) is 0 Å². The first-order valence-corrected chi connectivity index (χ1v) is 5.23. The number of pyridine rings is 1. The van der Waals surface area contributed by atoms with Gasteiger partial charge >= 0.3 is 0 Å². The van der Waals surface area contributed by atoms with E-state index in [0.29, 0.717) is 5.56 Å². The minimum atomic E-state index is 0.158. The van der Waals surface area contributed by atoms with Crippen LogP contribution in [-0.2, 0) is 6.42 Å². The number of rotatable bonds is 1. The fourth-order valence-corrected chi connectivity index (χ4v) is 1.60. The molecule has 0 aromatic carbocycles. The number of nitrogens with zero attached hydrogens (tertiary/aromatic N) is 4. The number of hydrogen-bond donors (Lipinski definition) is 0. The summed E-state index contributed by atoms with van der Waals surface area (Å²) >= 11 is 0. The van der Waals surface area contributed by atoms with E-state index in [1.165, 1.54) is 0 Å². The maximum atomic E-state index is 8.85. The standard InChI is InChI=1S/C12H14N4/c1-12(2,3)6-11-15-14-10-5-4-9(7-13)8-16(10)11/h4-5,8H,6H2,1-3H3. The Morgan fingerprint density at radius 1 is 1.31 bits per heavy atom. The average molecular weight is 214 g/mol. The number of nitriles is 1. The van der Waals surface area contributed by atoms with Crippen molar-refractivity contribution in [3.8, 4) is 6.07 Å². The van der Waals surface area contributed by atoms with E-state index in [-0.39, 0.29) is 5.41 Å². The van der Waals surface area contributed by atoms with Crippen molar-refractivity contribution in [3.05, 3.63) is 29.7 Å². The zero-order chi connectivity index (χ0) is 11.8. The molecule has 2 rings (SSSR count). The van der Waals surface area contributed by atoms with Gasteiger partial charge in [-0.25, -0.2) is 0 Å². The summed E-state index contributed by atoms with van der Waals surface area (Å²) in [6, 6.07) is 5.69. The molecule has 0 N–H and O–H groups in total. The van der Waals surface area contributed by atoms with Crippen molar-refractivity contribution in [2.24, 2.45) is 5.41 Å². The molecular weight excluding hydrogens is 200 g/mol. The van der Waals surface area contributed by atoms with Gasteiger partial charge in [0.1, 0.15) is 11.9 Å². The summed E-state index contributed by atoms with van der Waals surface area (Å²) in [6.45, 7) is 6.46. The molecule has 0 aliphatic carbocycles. The van der Waals surface area contributed by atoms with Crippen LogP contribution in [-0.4, -0.2) is 14.6 Å². The van der Waals surface area contributed by atoms with E-state index in [1.54, 1.807) is 12.3 Å². The zero-order valence-electron chi connectivity index (χ0n) is 9.73. The fourth-order valence-electron chi connectivity index (χ4n) is 1.60. The summed E-state index contributed by atoms with van der Waals surface area (Å²) < 4.78 is 1.89. The SMILES string of the molecule is CC(C)(C)Cc1nnc2ccc(C#N)cn12. The second kappa shape index (κ2) is 3.60. The van der Waals surface area contributed by atoms with Gasteiger partial charge in [-0.15, -0.1) is 10.2 Å². The summed E-state index contributed by atoms with van der Waals surface area (Å²) in [4.78, 5) is 0. The van der Waals surface area contributed by atoms with Crippen molar-refractivity contribution in [2.45, 2.75) is 27.2 Å². The van der Waals surface area contributed by atoms with Gasteiger partial charge in [-0.1, -0.05) is 20.8 Å². The van der Waals surface area contributed by atoms with E-state index in [1.807, 2.05) is 10.5 Å². The highest BCUT2D eigenvalue weighted by atomic mass is 15.2. The first-order chi connectivity index (χ1) is 7.49. The van der Waals surface area contributed by atoms with Crippen molar-refractivity contribution in [1.82, 2.24) is 14.6 Å². The Hall–Kier alpha value is -1.89. The predicted octanol–water partition coefficient (Wildman–Crippen LogP) is 2.19. The topological polar surface area (TPSA) is 54.0 Å². The molecule has 0 radical (unpaired) electrons. The third-order valence-corrected chi connectivity index (χ3v) is 2.29. The molecule has 0 aliphatic rings. The Morgan fingerprint density at radius 2 is 2.06 bits per heavy atom. The minimum absolute atomic E-state index is 0.158. The van der Waals surface area contributed by atoms with Crippen molar-refractivity contribution in [2.75, 3.05) is 0 Å². The van der Waals surface area contributed by atoms with Crippen LogP contribution in [0, 0.1) is 16.7 Å². The van der Waals surface area contributed by atoms with E-state index >= 15 is 0 Å². The van der Waals surface area contributed by atoms with Gasteiger partial charge in [0.25, 0.3) is 0 Å². The Balaban J connectivity index is 2.51. The van der Waals surface area contributed by atoms with E-state index in [0.717, 1.165) is 17.9 Å². The van der Waals surface area contributed by atoms with E-state index in [2.05, 4.69) is 37.0 Å². The Labute approximate surface area is 94.5 Å². The van der Waals surface area contributed by atoms with Gasteiger partial charge in [-0.3, -0.25) is 4.40 Å². The Kier molecular flexibility index (Phi) is 2.39. The third kappa shape index (κ3) is 2.03. The van der Waals surface area contributed by atoms with Crippen molar-refractivity contribution >= 4 is 5.65 Å². The molecule has 0 spiro atoms. The molecule has 0 fully saturated rings. The quantitative estimate of drug-likeness (QED) is 0.731. The summed E-state index contributed by atoms with van der Waals surface area (Å²) in [7, 11) is 0. The van der Waals surface area contributed by atoms with Crippen LogP contribution >= 0.6 is 0 Å². The molecule has 0 saturated carbocycles. The van der Waals surface area contributed by atoms with Crippen LogP contribution in [0.3, 0.4) is 0 Å². The summed E-state index contributed by atoms with van der Waals surface area (Å²) in [5, 5.41) is 17.1. The average Bonchev–Trinajstić information content (AvgIpc) is 2.58. The first-order valence-electron chi connectivity index (χ1n) is 5.23. The molecule has 2 heterocycles. The molecule has 4 heteroatoms. The van der Waals surface area contributed by atoms with E-state index in [9.17, 15) is 0 Å². The molecule has 2 aromatic rings. The number of hydrogen-bond acceptors (Lipinski definition) is 3. The van der Waals surface area contributed by atoms with Crippen molar-refractivity contribution in [1.29, 1.82) is 5.26 Å². The molecule has 82 valence electrons. The molecule has 0 aliphatic heterocycles. The van der Waals surface area contributed by atoms with E-state index in [4.69, 9.17) is 5.26 Å². The lowest BCUT2D eigenvalue weighted by molar-refractivity contribution is 0.399. The normalized spacial score (nSPS) is 11.6. The molecule has 2 aromatic heterocycles. The fraction of sp³-hybridized carbons (Fsp3) is 0.417. The maximum absolute atomic E-state index is 8.85. The van der Waals surface area contributed by atoms with Crippen LogP contribution in [0.5, 0.6) is 0 Å². The largest absolute Gasteiger partial charge is 0.285 e. The van der Waals surface area contributed by atoms with Gasteiger partial charge in [-0.2, -0.15) is 5.26 Å². The lowest BCUT2D eigenvalue weighted by Gasteiger charge is -2.16. The van der Waals surface area contributed by atoms with Crippen molar-refractivity contribution < 1.29 is 0 Å². The predicted molar refractivity (Wildman–Crippen MR) is 60.9 cm³/mol. The highest BCUT2D eigenvalue weighted by molar-refractivity contribution is 5.42. The van der Waals surface area contributed by atoms with Crippen LogP contribution < -0.4 is 0 Å². The van der Waals surface area contributed by atoms with Gasteiger partial charge in [0.2, 0.25) is 0 Å². The molecular formula is C12H14N4. The summed E-state index contributed by atoms with van der Waals surface area (Å²) in [5.41, 5.74) is 1.58. The van der Waals surface area contributed by atoms with Crippen LogP contribution in [0.2, 0.25) is 0 Å². The van der Waals surface area contributed by atoms with Crippen LogP contribution in [0.1, 0.15) is 32.2 Å². The summed E-state index contributed by atoms with van der Waals surface area (Å²) in [6.07, 6.45) is 2.62.